The van der Waals surface area contributed by atoms with Crippen LogP contribution >= 0.6 is 11.6 Å². The lowest BCUT2D eigenvalue weighted by Crippen LogP contribution is -2.40. The maximum absolute atomic E-state index is 12.8. The summed E-state index contributed by atoms with van der Waals surface area (Å²) < 4.78 is 0. The van der Waals surface area contributed by atoms with Crippen molar-refractivity contribution in [2.75, 3.05) is 0 Å². The fraction of sp³-hybridized carbons (Fsp3) is 0.176. The second-order valence-electron chi connectivity index (χ2n) is 5.88. The van der Waals surface area contributed by atoms with Crippen molar-refractivity contribution in [2.24, 2.45) is 0 Å². The summed E-state index contributed by atoms with van der Waals surface area (Å²) in [6.07, 6.45) is 0. The van der Waals surface area contributed by atoms with Gasteiger partial charge >= 0.3 is 6.03 Å². The summed E-state index contributed by atoms with van der Waals surface area (Å²) in [5, 5.41) is 14.1. The van der Waals surface area contributed by atoms with E-state index in [0.29, 0.717) is 16.1 Å². The van der Waals surface area contributed by atoms with E-state index in [1.54, 1.807) is 37.3 Å². The van der Waals surface area contributed by atoms with Gasteiger partial charge < -0.3 is 5.32 Å². The molecule has 1 heterocycles. The van der Waals surface area contributed by atoms with E-state index >= 15 is 0 Å². The van der Waals surface area contributed by atoms with Crippen molar-refractivity contribution in [3.05, 3.63) is 74.8 Å². The number of non-ortho nitro benzene ring substituents is 1. The first-order valence-electron chi connectivity index (χ1n) is 7.45. The van der Waals surface area contributed by atoms with Crippen LogP contribution in [0.2, 0.25) is 5.02 Å². The van der Waals surface area contributed by atoms with E-state index in [9.17, 15) is 19.7 Å². The number of carbonyl (C=O) groups excluding carboxylic acids is 2. The van der Waals surface area contributed by atoms with Crippen LogP contribution in [0.4, 0.5) is 10.5 Å². The van der Waals surface area contributed by atoms with Gasteiger partial charge in [0.15, 0.2) is 0 Å². The number of nitro groups is 1. The van der Waals surface area contributed by atoms with Crippen LogP contribution in [0, 0.1) is 10.1 Å². The van der Waals surface area contributed by atoms with Gasteiger partial charge in [0.25, 0.3) is 11.6 Å². The zero-order chi connectivity index (χ0) is 18.2. The van der Waals surface area contributed by atoms with Gasteiger partial charge in [-0.15, -0.1) is 0 Å². The van der Waals surface area contributed by atoms with Gasteiger partial charge in [-0.25, -0.2) is 4.79 Å². The van der Waals surface area contributed by atoms with Crippen molar-refractivity contribution in [1.29, 1.82) is 0 Å². The van der Waals surface area contributed by atoms with Gasteiger partial charge in [-0.1, -0.05) is 35.9 Å². The molecule has 0 radical (unpaired) electrons. The molecule has 1 atom stereocenters. The summed E-state index contributed by atoms with van der Waals surface area (Å²) in [6.45, 7) is 1.57. The molecule has 7 nitrogen and oxygen atoms in total. The topological polar surface area (TPSA) is 92.6 Å². The van der Waals surface area contributed by atoms with Crippen LogP contribution in [0.15, 0.2) is 48.5 Å². The second-order valence-corrected chi connectivity index (χ2v) is 6.32. The molecule has 1 N–H and O–H groups in total. The summed E-state index contributed by atoms with van der Waals surface area (Å²) in [5.41, 5.74) is -0.192. The van der Waals surface area contributed by atoms with Gasteiger partial charge in [0.1, 0.15) is 5.54 Å². The Balaban J connectivity index is 1.88. The molecular weight excluding hydrogens is 346 g/mol. The van der Waals surface area contributed by atoms with Crippen molar-refractivity contribution >= 4 is 29.2 Å². The van der Waals surface area contributed by atoms with Crippen molar-refractivity contribution in [2.45, 2.75) is 19.0 Å². The van der Waals surface area contributed by atoms with Crippen molar-refractivity contribution < 1.29 is 14.5 Å². The van der Waals surface area contributed by atoms with E-state index in [1.165, 1.54) is 18.2 Å². The SMILES string of the molecule is CC1(c2ccc(Cl)cc2)NC(=O)N(Cc2cccc([N+](=O)[O-])c2)C1=O. The zero-order valence-electron chi connectivity index (χ0n) is 13.2. The van der Waals surface area contributed by atoms with Crippen LogP contribution in [0.3, 0.4) is 0 Å². The molecule has 3 amide bonds. The molecule has 1 fully saturated rings. The van der Waals surface area contributed by atoms with Crippen molar-refractivity contribution in [1.82, 2.24) is 10.2 Å². The zero-order valence-corrected chi connectivity index (χ0v) is 14.0. The van der Waals surface area contributed by atoms with Crippen LogP contribution in [-0.4, -0.2) is 21.8 Å². The Morgan fingerprint density at radius 2 is 1.88 bits per heavy atom. The first-order chi connectivity index (χ1) is 11.8. The quantitative estimate of drug-likeness (QED) is 0.515. The Morgan fingerprint density at radius 3 is 2.52 bits per heavy atom. The third-order valence-electron chi connectivity index (χ3n) is 4.16. The lowest BCUT2D eigenvalue weighted by Gasteiger charge is -2.22. The summed E-state index contributed by atoms with van der Waals surface area (Å²) >= 11 is 5.87. The molecule has 3 rings (SSSR count). The van der Waals surface area contributed by atoms with E-state index in [1.807, 2.05) is 0 Å². The van der Waals surface area contributed by atoms with Crippen molar-refractivity contribution in [3.63, 3.8) is 0 Å². The number of urea groups is 1. The number of carbonyl (C=O) groups is 2. The molecule has 0 aliphatic carbocycles. The Hall–Kier alpha value is -2.93. The van der Waals surface area contributed by atoms with E-state index in [4.69, 9.17) is 11.6 Å². The van der Waals surface area contributed by atoms with Crippen LogP contribution in [-0.2, 0) is 16.9 Å². The number of amides is 3. The molecule has 1 aliphatic heterocycles. The molecule has 1 saturated heterocycles. The number of rotatable bonds is 4. The summed E-state index contributed by atoms with van der Waals surface area (Å²) in [6, 6.07) is 11.9. The molecule has 8 heteroatoms. The molecule has 1 aliphatic rings. The fourth-order valence-electron chi connectivity index (χ4n) is 2.77. The van der Waals surface area contributed by atoms with E-state index in [2.05, 4.69) is 5.32 Å². The molecule has 25 heavy (non-hydrogen) atoms. The number of hydrogen-bond donors (Lipinski definition) is 1. The third kappa shape index (κ3) is 3.06. The Morgan fingerprint density at radius 1 is 1.20 bits per heavy atom. The molecule has 0 bridgehead atoms. The normalized spacial score (nSPS) is 19.8. The highest BCUT2D eigenvalue weighted by molar-refractivity contribution is 6.30. The van der Waals surface area contributed by atoms with Gasteiger partial charge in [0.05, 0.1) is 11.5 Å². The Bertz CT molecular complexity index is 868. The minimum absolute atomic E-state index is 0.0461. The van der Waals surface area contributed by atoms with Gasteiger partial charge in [-0.2, -0.15) is 0 Å². The largest absolute Gasteiger partial charge is 0.325 e. The van der Waals surface area contributed by atoms with Crippen LogP contribution in [0.25, 0.3) is 0 Å². The van der Waals surface area contributed by atoms with Crippen LogP contribution in [0.1, 0.15) is 18.1 Å². The fourth-order valence-corrected chi connectivity index (χ4v) is 2.90. The predicted molar refractivity (Wildman–Crippen MR) is 91.0 cm³/mol. The molecule has 0 aromatic heterocycles. The maximum Gasteiger partial charge on any atom is 0.325 e. The lowest BCUT2D eigenvalue weighted by molar-refractivity contribution is -0.384. The first-order valence-corrected chi connectivity index (χ1v) is 7.82. The molecule has 2 aromatic rings. The number of imide groups is 1. The lowest BCUT2D eigenvalue weighted by atomic mass is 9.92. The number of nitrogens with one attached hydrogen (secondary N) is 1. The summed E-state index contributed by atoms with van der Waals surface area (Å²) in [5.74, 6) is -0.425. The van der Waals surface area contributed by atoms with Crippen LogP contribution in [0.5, 0.6) is 0 Å². The van der Waals surface area contributed by atoms with E-state index in [-0.39, 0.29) is 12.2 Å². The minimum Gasteiger partial charge on any atom is -0.319 e. The molecule has 128 valence electrons. The van der Waals surface area contributed by atoms with Crippen molar-refractivity contribution in [3.8, 4) is 0 Å². The highest BCUT2D eigenvalue weighted by Gasteiger charge is 2.48. The number of nitro benzene ring substituents is 1. The third-order valence-corrected chi connectivity index (χ3v) is 4.41. The standard InChI is InChI=1S/C17H14ClN3O4/c1-17(12-5-7-13(18)8-6-12)15(22)20(16(23)19-17)10-11-3-2-4-14(9-11)21(24)25/h2-9H,10H2,1H3,(H,19,23). The molecule has 2 aromatic carbocycles. The van der Waals surface area contributed by atoms with E-state index < -0.39 is 22.4 Å². The minimum atomic E-state index is -1.21. The van der Waals surface area contributed by atoms with Gasteiger partial charge in [-0.05, 0) is 30.2 Å². The van der Waals surface area contributed by atoms with E-state index in [0.717, 1.165) is 4.90 Å². The number of benzene rings is 2. The maximum atomic E-state index is 12.8. The highest BCUT2D eigenvalue weighted by atomic mass is 35.5. The predicted octanol–water partition coefficient (Wildman–Crippen LogP) is 3.22. The molecular formula is C17H14ClN3O4. The summed E-state index contributed by atoms with van der Waals surface area (Å²) in [4.78, 5) is 36.5. The summed E-state index contributed by atoms with van der Waals surface area (Å²) in [7, 11) is 0. The average molecular weight is 360 g/mol. The molecule has 0 saturated carbocycles. The second kappa shape index (κ2) is 6.18. The van der Waals surface area contributed by atoms with Gasteiger partial charge in [-0.3, -0.25) is 19.8 Å². The first kappa shape index (κ1) is 16.9. The Kier molecular flexibility index (Phi) is 4.18. The van der Waals surface area contributed by atoms with Gasteiger partial charge in [0, 0.05) is 17.2 Å². The van der Waals surface area contributed by atoms with Gasteiger partial charge in [0.2, 0.25) is 0 Å². The van der Waals surface area contributed by atoms with Crippen LogP contribution < -0.4 is 5.32 Å². The average Bonchev–Trinajstić information content (AvgIpc) is 2.80. The number of halogens is 1. The highest BCUT2D eigenvalue weighted by Crippen LogP contribution is 2.30. The molecule has 1 unspecified atom stereocenters. The monoisotopic (exact) mass is 359 g/mol. The number of hydrogen-bond acceptors (Lipinski definition) is 4. The number of nitrogens with zero attached hydrogens (tertiary/aromatic N) is 2. The smallest absolute Gasteiger partial charge is 0.319 e. The molecule has 0 spiro atoms. The Labute approximate surface area is 148 Å².